The summed E-state index contributed by atoms with van der Waals surface area (Å²) < 4.78 is 3.98. The zero-order valence-corrected chi connectivity index (χ0v) is 10.6. The Kier molecular flexibility index (Phi) is 3.28. The van der Waals surface area contributed by atoms with Crippen molar-refractivity contribution in [2.45, 2.75) is 32.9 Å². The van der Waals surface area contributed by atoms with Crippen molar-refractivity contribution in [2.75, 3.05) is 0 Å². The Morgan fingerprint density at radius 1 is 1.41 bits per heavy atom. The zero-order chi connectivity index (χ0) is 12.4. The topological polar surface area (TPSA) is 61.7 Å². The molecule has 2 N–H and O–H groups in total. The normalized spacial score (nSPS) is 12.9. The molecular weight excluding hydrogens is 214 g/mol. The molecule has 2 aromatic rings. The number of aryl methyl sites for hydroxylation is 1. The Hall–Kier alpha value is -1.62. The van der Waals surface area contributed by atoms with Gasteiger partial charge in [0.2, 0.25) is 0 Å². The molecule has 5 heteroatoms. The smallest absolute Gasteiger partial charge is 0.0951 e. The van der Waals surface area contributed by atoms with Crippen LogP contribution in [0.4, 0.5) is 0 Å². The maximum absolute atomic E-state index is 6.05. The third-order valence-electron chi connectivity index (χ3n) is 3.24. The van der Waals surface area contributed by atoms with Crippen molar-refractivity contribution >= 4 is 0 Å². The lowest BCUT2D eigenvalue weighted by atomic mass is 10.2. The third kappa shape index (κ3) is 2.24. The van der Waals surface area contributed by atoms with Crippen molar-refractivity contribution in [2.24, 2.45) is 12.8 Å². The fraction of sp³-hybridized carbons (Fsp3) is 0.500. The van der Waals surface area contributed by atoms with Crippen molar-refractivity contribution in [1.82, 2.24) is 19.3 Å². The molecule has 0 spiro atoms. The van der Waals surface area contributed by atoms with E-state index in [2.05, 4.69) is 28.5 Å². The minimum absolute atomic E-state index is 0.0504. The summed E-state index contributed by atoms with van der Waals surface area (Å²) in [6, 6.07) is 0.0504. The van der Waals surface area contributed by atoms with Gasteiger partial charge in [-0.3, -0.25) is 4.68 Å². The Bertz CT molecular complexity index is 497. The van der Waals surface area contributed by atoms with E-state index in [0.717, 1.165) is 18.7 Å². The first-order valence-corrected chi connectivity index (χ1v) is 5.86. The summed E-state index contributed by atoms with van der Waals surface area (Å²) in [4.78, 5) is 4.18. The molecule has 2 aromatic heterocycles. The second kappa shape index (κ2) is 4.71. The molecule has 2 rings (SSSR count). The van der Waals surface area contributed by atoms with E-state index in [0.29, 0.717) is 0 Å². The van der Waals surface area contributed by atoms with E-state index in [9.17, 15) is 0 Å². The lowest BCUT2D eigenvalue weighted by Crippen LogP contribution is -2.15. The number of aromatic nitrogens is 4. The predicted octanol–water partition coefficient (Wildman–Crippen LogP) is 1.38. The quantitative estimate of drug-likeness (QED) is 0.868. The molecule has 92 valence electrons. The number of imidazole rings is 1. The summed E-state index contributed by atoms with van der Waals surface area (Å²) >= 11 is 0. The zero-order valence-electron chi connectivity index (χ0n) is 10.6. The Morgan fingerprint density at radius 2 is 2.18 bits per heavy atom. The molecule has 2 heterocycles. The van der Waals surface area contributed by atoms with E-state index >= 15 is 0 Å². The van der Waals surface area contributed by atoms with Gasteiger partial charge in [-0.2, -0.15) is 5.10 Å². The maximum Gasteiger partial charge on any atom is 0.0951 e. The molecule has 17 heavy (non-hydrogen) atoms. The van der Waals surface area contributed by atoms with Gasteiger partial charge in [0.05, 0.1) is 24.8 Å². The molecule has 0 aliphatic carbocycles. The molecular formula is C12H19N5. The minimum Gasteiger partial charge on any atom is -0.329 e. The highest BCUT2D eigenvalue weighted by molar-refractivity contribution is 5.18. The second-order valence-corrected chi connectivity index (χ2v) is 4.34. The molecule has 0 bridgehead atoms. The van der Waals surface area contributed by atoms with Crippen LogP contribution < -0.4 is 5.73 Å². The summed E-state index contributed by atoms with van der Waals surface area (Å²) in [5.74, 6) is 0. The van der Waals surface area contributed by atoms with Crippen molar-refractivity contribution in [1.29, 1.82) is 0 Å². The first-order valence-electron chi connectivity index (χ1n) is 5.86. The molecule has 0 saturated heterocycles. The van der Waals surface area contributed by atoms with Crippen molar-refractivity contribution in [3.05, 3.63) is 35.7 Å². The van der Waals surface area contributed by atoms with Crippen LogP contribution in [0.1, 0.15) is 36.3 Å². The van der Waals surface area contributed by atoms with E-state index in [1.54, 1.807) is 0 Å². The number of hydrogen-bond donors (Lipinski definition) is 1. The van der Waals surface area contributed by atoms with Gasteiger partial charge in [0.25, 0.3) is 0 Å². The molecule has 0 aliphatic rings. The van der Waals surface area contributed by atoms with Crippen LogP contribution in [0.3, 0.4) is 0 Å². The van der Waals surface area contributed by atoms with Crippen LogP contribution in [0, 0.1) is 6.92 Å². The average molecular weight is 233 g/mol. The van der Waals surface area contributed by atoms with Gasteiger partial charge in [0, 0.05) is 30.5 Å². The van der Waals surface area contributed by atoms with Gasteiger partial charge in [-0.25, -0.2) is 4.98 Å². The lowest BCUT2D eigenvalue weighted by Gasteiger charge is -2.12. The van der Waals surface area contributed by atoms with Crippen LogP contribution in [-0.4, -0.2) is 19.3 Å². The Morgan fingerprint density at radius 3 is 2.76 bits per heavy atom. The van der Waals surface area contributed by atoms with Gasteiger partial charge >= 0.3 is 0 Å². The number of nitrogens with zero attached hydrogens (tertiary/aromatic N) is 4. The van der Waals surface area contributed by atoms with E-state index in [4.69, 9.17) is 5.73 Å². The monoisotopic (exact) mass is 233 g/mol. The Labute approximate surface area is 101 Å². The summed E-state index contributed by atoms with van der Waals surface area (Å²) in [7, 11) is 1.95. The molecule has 0 unspecified atom stereocenters. The standard InChI is InChI=1S/C12H19N5/c1-4-11(13)12-6-14-8-17(12)7-10-5-15-16(3)9(10)2/h5-6,8,11H,4,7,13H2,1-3H3/t11-/m1/s1. The fourth-order valence-corrected chi connectivity index (χ4v) is 1.86. The fourth-order valence-electron chi connectivity index (χ4n) is 1.86. The van der Waals surface area contributed by atoms with E-state index in [1.165, 1.54) is 11.3 Å². The lowest BCUT2D eigenvalue weighted by molar-refractivity contribution is 0.617. The predicted molar refractivity (Wildman–Crippen MR) is 66.5 cm³/mol. The van der Waals surface area contributed by atoms with E-state index in [1.807, 2.05) is 30.5 Å². The third-order valence-corrected chi connectivity index (χ3v) is 3.24. The molecule has 5 nitrogen and oxygen atoms in total. The van der Waals surface area contributed by atoms with E-state index < -0.39 is 0 Å². The summed E-state index contributed by atoms with van der Waals surface area (Å²) in [5.41, 5.74) is 9.51. The molecule has 0 saturated carbocycles. The molecule has 0 aliphatic heterocycles. The van der Waals surface area contributed by atoms with Crippen molar-refractivity contribution < 1.29 is 0 Å². The van der Waals surface area contributed by atoms with Crippen LogP contribution in [-0.2, 0) is 13.6 Å². The van der Waals surface area contributed by atoms with Crippen LogP contribution in [0.5, 0.6) is 0 Å². The minimum atomic E-state index is 0.0504. The molecule has 0 amide bonds. The SMILES string of the molecule is CC[C@@H](N)c1cncn1Cc1cnn(C)c1C. The van der Waals surface area contributed by atoms with Gasteiger partial charge < -0.3 is 10.3 Å². The van der Waals surface area contributed by atoms with Gasteiger partial charge in [0.15, 0.2) is 0 Å². The Balaban J connectivity index is 2.25. The summed E-state index contributed by atoms with van der Waals surface area (Å²) in [5, 5.41) is 4.24. The van der Waals surface area contributed by atoms with Crippen LogP contribution >= 0.6 is 0 Å². The summed E-state index contributed by atoms with van der Waals surface area (Å²) in [6.45, 7) is 4.93. The van der Waals surface area contributed by atoms with Gasteiger partial charge in [-0.1, -0.05) is 6.92 Å². The van der Waals surface area contributed by atoms with Crippen LogP contribution in [0.2, 0.25) is 0 Å². The number of rotatable bonds is 4. The highest BCUT2D eigenvalue weighted by atomic mass is 15.3. The van der Waals surface area contributed by atoms with Gasteiger partial charge in [0.1, 0.15) is 0 Å². The number of nitrogens with two attached hydrogens (primary N) is 1. The highest BCUT2D eigenvalue weighted by Gasteiger charge is 2.11. The molecule has 1 atom stereocenters. The van der Waals surface area contributed by atoms with Crippen molar-refractivity contribution in [3.8, 4) is 0 Å². The first kappa shape index (κ1) is 11.9. The van der Waals surface area contributed by atoms with Crippen LogP contribution in [0.25, 0.3) is 0 Å². The van der Waals surface area contributed by atoms with Crippen molar-refractivity contribution in [3.63, 3.8) is 0 Å². The van der Waals surface area contributed by atoms with Gasteiger partial charge in [-0.05, 0) is 13.3 Å². The summed E-state index contributed by atoms with van der Waals surface area (Å²) in [6.07, 6.45) is 6.49. The first-order chi connectivity index (χ1) is 8.13. The molecule has 0 radical (unpaired) electrons. The van der Waals surface area contributed by atoms with Crippen LogP contribution in [0.15, 0.2) is 18.7 Å². The maximum atomic E-state index is 6.05. The largest absolute Gasteiger partial charge is 0.329 e. The number of hydrogen-bond acceptors (Lipinski definition) is 3. The van der Waals surface area contributed by atoms with E-state index in [-0.39, 0.29) is 6.04 Å². The second-order valence-electron chi connectivity index (χ2n) is 4.34. The highest BCUT2D eigenvalue weighted by Crippen LogP contribution is 2.16. The average Bonchev–Trinajstić information content (AvgIpc) is 2.90. The molecule has 0 aromatic carbocycles. The molecule has 0 fully saturated rings. The van der Waals surface area contributed by atoms with Gasteiger partial charge in [-0.15, -0.1) is 0 Å².